The molecule has 2 aliphatic rings. The number of carbonyl (C=O) groups excluding carboxylic acids is 3. The van der Waals surface area contributed by atoms with E-state index in [0.29, 0.717) is 50.6 Å². The lowest BCUT2D eigenvalue weighted by Gasteiger charge is -2.34. The van der Waals surface area contributed by atoms with Crippen LogP contribution >= 0.6 is 0 Å². The summed E-state index contributed by atoms with van der Waals surface area (Å²) in [5.41, 5.74) is 0.0555. The maximum absolute atomic E-state index is 12.9. The summed E-state index contributed by atoms with van der Waals surface area (Å²) >= 11 is 0. The van der Waals surface area contributed by atoms with Gasteiger partial charge in [0.25, 0.3) is 0 Å². The molecule has 206 valence electrons. The SMILES string of the molecule is Cc1cc([C@H](CNC(=O)[C@@H]2CCCN(C(=O)CCC3CCN(C(=O)OC(C)(C)C)CC3)C2)C(=O)O)on1. The van der Waals surface area contributed by atoms with Crippen LogP contribution in [0, 0.1) is 18.8 Å². The van der Waals surface area contributed by atoms with Crippen molar-refractivity contribution < 1.29 is 33.5 Å². The fourth-order valence-electron chi connectivity index (χ4n) is 4.84. The van der Waals surface area contributed by atoms with E-state index in [4.69, 9.17) is 9.26 Å². The van der Waals surface area contributed by atoms with E-state index in [0.717, 1.165) is 25.7 Å². The molecule has 0 unspecified atom stereocenters. The van der Waals surface area contributed by atoms with Gasteiger partial charge in [-0.2, -0.15) is 0 Å². The van der Waals surface area contributed by atoms with Crippen LogP contribution in [0.3, 0.4) is 0 Å². The number of nitrogens with one attached hydrogen (secondary N) is 1. The zero-order valence-corrected chi connectivity index (χ0v) is 22.3. The minimum absolute atomic E-state index is 0.0348. The monoisotopic (exact) mass is 520 g/mol. The molecule has 2 aliphatic heterocycles. The molecule has 2 N–H and O–H groups in total. The maximum Gasteiger partial charge on any atom is 0.410 e. The average molecular weight is 521 g/mol. The number of amides is 3. The first kappa shape index (κ1) is 28.5. The van der Waals surface area contributed by atoms with Crippen LogP contribution in [0.15, 0.2) is 10.6 Å². The standard InChI is InChI=1S/C26H40N4O7/c1-17-14-21(37-28-17)20(24(33)34)15-27-23(32)19-6-5-11-30(16-19)22(31)8-7-18-9-12-29(13-10-18)25(35)36-26(2,3)4/h14,18-20H,5-13,15-16H2,1-4H3,(H,27,32)(H,33,34)/t19-,20+/m1/s1. The lowest BCUT2D eigenvalue weighted by Crippen LogP contribution is -2.46. The van der Waals surface area contributed by atoms with Gasteiger partial charge in [0.1, 0.15) is 11.5 Å². The number of ether oxygens (including phenoxy) is 1. The highest BCUT2D eigenvalue weighted by atomic mass is 16.6. The number of piperidine rings is 2. The minimum Gasteiger partial charge on any atom is -0.481 e. The number of carboxylic acids is 1. The summed E-state index contributed by atoms with van der Waals surface area (Å²) in [6, 6.07) is 1.55. The van der Waals surface area contributed by atoms with Gasteiger partial charge in [0, 0.05) is 45.2 Å². The number of rotatable bonds is 8. The van der Waals surface area contributed by atoms with Crippen LogP contribution in [0.1, 0.15) is 76.7 Å². The number of hydrogen-bond donors (Lipinski definition) is 2. The molecule has 0 spiro atoms. The van der Waals surface area contributed by atoms with Crippen molar-refractivity contribution >= 4 is 23.9 Å². The zero-order valence-electron chi connectivity index (χ0n) is 22.3. The Labute approximate surface area is 217 Å². The Morgan fingerprint density at radius 2 is 1.86 bits per heavy atom. The van der Waals surface area contributed by atoms with Crippen molar-refractivity contribution in [2.75, 3.05) is 32.7 Å². The number of carboxylic acid groups (broad SMARTS) is 1. The Kier molecular flexibility index (Phi) is 9.56. The van der Waals surface area contributed by atoms with Crippen LogP contribution < -0.4 is 5.32 Å². The topological polar surface area (TPSA) is 142 Å². The number of hydrogen-bond acceptors (Lipinski definition) is 7. The molecule has 0 saturated carbocycles. The molecule has 37 heavy (non-hydrogen) atoms. The lowest BCUT2D eigenvalue weighted by molar-refractivity contribution is -0.139. The van der Waals surface area contributed by atoms with E-state index in [-0.39, 0.29) is 36.1 Å². The van der Waals surface area contributed by atoms with Crippen molar-refractivity contribution in [3.63, 3.8) is 0 Å². The van der Waals surface area contributed by atoms with Crippen LogP contribution in [0.2, 0.25) is 0 Å². The van der Waals surface area contributed by atoms with Crippen LogP contribution in [0.5, 0.6) is 0 Å². The molecule has 11 nitrogen and oxygen atoms in total. The van der Waals surface area contributed by atoms with Crippen molar-refractivity contribution in [1.29, 1.82) is 0 Å². The van der Waals surface area contributed by atoms with Gasteiger partial charge in [-0.05, 0) is 65.7 Å². The summed E-state index contributed by atoms with van der Waals surface area (Å²) in [5.74, 6) is -2.15. The summed E-state index contributed by atoms with van der Waals surface area (Å²) in [6.45, 7) is 9.37. The number of aryl methyl sites for hydroxylation is 1. The average Bonchev–Trinajstić information content (AvgIpc) is 3.27. The summed E-state index contributed by atoms with van der Waals surface area (Å²) in [4.78, 5) is 53.0. The molecule has 3 amide bonds. The molecule has 0 radical (unpaired) electrons. The molecule has 0 aromatic carbocycles. The molecule has 3 heterocycles. The van der Waals surface area contributed by atoms with Crippen molar-refractivity contribution in [1.82, 2.24) is 20.3 Å². The predicted octanol–water partition coefficient (Wildman–Crippen LogP) is 2.93. The largest absolute Gasteiger partial charge is 0.481 e. The van der Waals surface area contributed by atoms with Crippen LogP contribution in [-0.4, -0.2) is 82.3 Å². The third-order valence-corrected chi connectivity index (χ3v) is 6.95. The quantitative estimate of drug-likeness (QED) is 0.533. The van der Waals surface area contributed by atoms with Crippen LogP contribution in [-0.2, 0) is 19.1 Å². The van der Waals surface area contributed by atoms with Gasteiger partial charge in [0.15, 0.2) is 5.76 Å². The normalized spacial score (nSPS) is 19.8. The van der Waals surface area contributed by atoms with Gasteiger partial charge in [-0.3, -0.25) is 14.4 Å². The van der Waals surface area contributed by atoms with Gasteiger partial charge in [0.2, 0.25) is 11.8 Å². The number of aliphatic carboxylic acids is 1. The third kappa shape index (κ3) is 8.46. The Balaban J connectivity index is 1.41. The maximum atomic E-state index is 12.9. The first-order chi connectivity index (χ1) is 17.4. The fourth-order valence-corrected chi connectivity index (χ4v) is 4.84. The molecule has 1 aromatic heterocycles. The molecule has 11 heteroatoms. The van der Waals surface area contributed by atoms with E-state index in [9.17, 15) is 24.3 Å². The molecule has 2 atom stereocenters. The van der Waals surface area contributed by atoms with Gasteiger partial charge >= 0.3 is 12.1 Å². The molecule has 2 saturated heterocycles. The highest BCUT2D eigenvalue weighted by Gasteiger charge is 2.32. The second kappa shape index (κ2) is 12.4. The molecular weight excluding hydrogens is 480 g/mol. The smallest absolute Gasteiger partial charge is 0.410 e. The Bertz CT molecular complexity index is 962. The minimum atomic E-state index is -1.10. The molecule has 1 aromatic rings. The van der Waals surface area contributed by atoms with Crippen molar-refractivity contribution in [2.45, 2.75) is 77.7 Å². The van der Waals surface area contributed by atoms with Crippen LogP contribution in [0.25, 0.3) is 0 Å². The Morgan fingerprint density at radius 1 is 1.16 bits per heavy atom. The second-order valence-electron chi connectivity index (χ2n) is 11.1. The first-order valence-electron chi connectivity index (χ1n) is 13.1. The van der Waals surface area contributed by atoms with Gasteiger partial charge in [-0.1, -0.05) is 5.16 Å². The highest BCUT2D eigenvalue weighted by Crippen LogP contribution is 2.25. The van der Waals surface area contributed by atoms with Crippen LogP contribution in [0.4, 0.5) is 4.79 Å². The van der Waals surface area contributed by atoms with E-state index in [1.165, 1.54) is 0 Å². The summed E-state index contributed by atoms with van der Waals surface area (Å²) in [5, 5.41) is 16.0. The molecular formula is C26H40N4O7. The summed E-state index contributed by atoms with van der Waals surface area (Å²) in [6.07, 6.45) is 3.94. The number of carbonyl (C=O) groups is 4. The lowest BCUT2D eigenvalue weighted by atomic mass is 9.91. The predicted molar refractivity (Wildman–Crippen MR) is 134 cm³/mol. The summed E-state index contributed by atoms with van der Waals surface area (Å²) in [7, 11) is 0. The molecule has 0 aliphatic carbocycles. The first-order valence-corrected chi connectivity index (χ1v) is 13.1. The van der Waals surface area contributed by atoms with E-state index in [1.54, 1.807) is 22.8 Å². The second-order valence-corrected chi connectivity index (χ2v) is 11.1. The van der Waals surface area contributed by atoms with E-state index in [1.807, 2.05) is 20.8 Å². The van der Waals surface area contributed by atoms with E-state index in [2.05, 4.69) is 10.5 Å². The number of aromatic nitrogens is 1. The van der Waals surface area contributed by atoms with Crippen molar-refractivity contribution in [2.24, 2.45) is 11.8 Å². The van der Waals surface area contributed by atoms with E-state index < -0.39 is 17.5 Å². The van der Waals surface area contributed by atoms with Gasteiger partial charge in [-0.25, -0.2) is 4.79 Å². The third-order valence-electron chi connectivity index (χ3n) is 6.95. The molecule has 0 bridgehead atoms. The number of nitrogens with zero attached hydrogens (tertiary/aromatic N) is 3. The van der Waals surface area contributed by atoms with Gasteiger partial charge in [-0.15, -0.1) is 0 Å². The fraction of sp³-hybridized carbons (Fsp3) is 0.731. The van der Waals surface area contributed by atoms with Gasteiger partial charge < -0.3 is 29.5 Å². The Morgan fingerprint density at radius 3 is 2.46 bits per heavy atom. The van der Waals surface area contributed by atoms with E-state index >= 15 is 0 Å². The summed E-state index contributed by atoms with van der Waals surface area (Å²) < 4.78 is 10.5. The Hall–Kier alpha value is -3.11. The van der Waals surface area contributed by atoms with Crippen molar-refractivity contribution in [3.8, 4) is 0 Å². The highest BCUT2D eigenvalue weighted by molar-refractivity contribution is 5.82. The number of likely N-dealkylation sites (tertiary alicyclic amines) is 2. The van der Waals surface area contributed by atoms with Crippen molar-refractivity contribution in [3.05, 3.63) is 17.5 Å². The van der Waals surface area contributed by atoms with Gasteiger partial charge in [0.05, 0.1) is 11.6 Å². The zero-order chi connectivity index (χ0) is 27.2. The molecule has 2 fully saturated rings. The molecule has 3 rings (SSSR count).